The largest absolute Gasteiger partial charge is 0.395 e. The molecule has 1 aliphatic carbocycles. The van der Waals surface area contributed by atoms with Gasteiger partial charge in [-0.2, -0.15) is 0 Å². The predicted molar refractivity (Wildman–Crippen MR) is 48.8 cm³/mol. The maximum Gasteiger partial charge on any atom is 0.331 e. The number of urea groups is 1. The summed E-state index contributed by atoms with van der Waals surface area (Å²) in [5, 5.41) is 8.78. The molecule has 1 aliphatic rings. The molecule has 4 N–H and O–H groups in total. The Kier molecular flexibility index (Phi) is 3.98. The molecule has 0 atom stereocenters. The summed E-state index contributed by atoms with van der Waals surface area (Å²) in [6, 6.07) is -0.0309. The van der Waals surface area contributed by atoms with Gasteiger partial charge in [0.1, 0.15) is 0 Å². The molecule has 5 heteroatoms. The lowest BCUT2D eigenvalue weighted by molar-refractivity contribution is 0.153. The van der Waals surface area contributed by atoms with Crippen LogP contribution in [-0.4, -0.2) is 35.2 Å². The van der Waals surface area contributed by atoms with Gasteiger partial charge in [-0.3, -0.25) is 5.43 Å². The van der Waals surface area contributed by atoms with Crippen LogP contribution in [0.15, 0.2) is 0 Å². The van der Waals surface area contributed by atoms with Gasteiger partial charge in [0.25, 0.3) is 0 Å². The minimum absolute atomic E-state index is 0.0100. The number of nitrogens with two attached hydrogens (primary N) is 1. The standard InChI is InChI=1S/C8H17N3O2/c9-10-8(13)11(5-6-12)7-3-1-2-4-7/h7,12H,1-6,9H2,(H,10,13). The number of nitrogens with one attached hydrogen (secondary N) is 1. The fourth-order valence-electron chi connectivity index (χ4n) is 1.86. The van der Waals surface area contributed by atoms with Gasteiger partial charge in [0.05, 0.1) is 6.61 Å². The molecule has 13 heavy (non-hydrogen) atoms. The normalized spacial score (nSPS) is 17.4. The number of hydrazine groups is 1. The first-order chi connectivity index (χ1) is 6.29. The Hall–Kier alpha value is -0.810. The maximum absolute atomic E-state index is 11.3. The van der Waals surface area contributed by atoms with Gasteiger partial charge < -0.3 is 10.0 Å². The van der Waals surface area contributed by atoms with Crippen LogP contribution in [0.25, 0.3) is 0 Å². The third kappa shape index (κ3) is 2.57. The average Bonchev–Trinajstić information content (AvgIpc) is 2.65. The first-order valence-electron chi connectivity index (χ1n) is 4.67. The molecule has 0 heterocycles. The van der Waals surface area contributed by atoms with Crippen molar-refractivity contribution in [1.29, 1.82) is 0 Å². The Morgan fingerprint density at radius 2 is 2.15 bits per heavy atom. The number of aliphatic hydroxyl groups excluding tert-OH is 1. The van der Waals surface area contributed by atoms with Crippen molar-refractivity contribution in [3.8, 4) is 0 Å². The van der Waals surface area contributed by atoms with E-state index in [9.17, 15) is 4.79 Å². The number of rotatable bonds is 3. The van der Waals surface area contributed by atoms with Gasteiger partial charge in [0.15, 0.2) is 0 Å². The van der Waals surface area contributed by atoms with Crippen LogP contribution in [0.5, 0.6) is 0 Å². The first kappa shape index (κ1) is 10.3. The van der Waals surface area contributed by atoms with Crippen LogP contribution in [0.1, 0.15) is 25.7 Å². The van der Waals surface area contributed by atoms with Crippen LogP contribution in [0.4, 0.5) is 4.79 Å². The topological polar surface area (TPSA) is 78.6 Å². The van der Waals surface area contributed by atoms with Crippen molar-refractivity contribution in [3.63, 3.8) is 0 Å². The lowest BCUT2D eigenvalue weighted by Gasteiger charge is -2.27. The van der Waals surface area contributed by atoms with Gasteiger partial charge in [-0.25, -0.2) is 10.6 Å². The summed E-state index contributed by atoms with van der Waals surface area (Å²) >= 11 is 0. The van der Waals surface area contributed by atoms with Gasteiger partial charge >= 0.3 is 6.03 Å². The molecule has 0 spiro atoms. The molecule has 0 aliphatic heterocycles. The van der Waals surface area contributed by atoms with E-state index in [1.807, 2.05) is 0 Å². The second kappa shape index (κ2) is 5.04. The predicted octanol–water partition coefficient (Wildman–Crippen LogP) is -0.193. The Morgan fingerprint density at radius 3 is 2.62 bits per heavy atom. The van der Waals surface area contributed by atoms with Crippen molar-refractivity contribution in [2.75, 3.05) is 13.2 Å². The van der Waals surface area contributed by atoms with Gasteiger partial charge in [0.2, 0.25) is 0 Å². The summed E-state index contributed by atoms with van der Waals surface area (Å²) in [6.07, 6.45) is 4.36. The third-order valence-electron chi connectivity index (χ3n) is 2.49. The highest BCUT2D eigenvalue weighted by atomic mass is 16.3. The molecule has 1 fully saturated rings. The van der Waals surface area contributed by atoms with E-state index in [1.165, 1.54) is 0 Å². The molecule has 0 bridgehead atoms. The summed E-state index contributed by atoms with van der Waals surface area (Å²) < 4.78 is 0. The molecule has 0 aromatic carbocycles. The smallest absolute Gasteiger partial charge is 0.331 e. The number of nitrogens with zero attached hydrogens (tertiary/aromatic N) is 1. The summed E-state index contributed by atoms with van der Waals surface area (Å²) in [4.78, 5) is 12.9. The highest BCUT2D eigenvalue weighted by Crippen LogP contribution is 2.23. The molecule has 5 nitrogen and oxygen atoms in total. The Balaban J connectivity index is 2.49. The van der Waals surface area contributed by atoms with E-state index in [0.29, 0.717) is 6.54 Å². The highest BCUT2D eigenvalue weighted by molar-refractivity contribution is 5.73. The van der Waals surface area contributed by atoms with E-state index in [0.717, 1.165) is 25.7 Å². The van der Waals surface area contributed by atoms with E-state index in [2.05, 4.69) is 5.43 Å². The number of carbonyl (C=O) groups excluding carboxylic acids is 1. The van der Waals surface area contributed by atoms with E-state index < -0.39 is 0 Å². The number of hydrogen-bond donors (Lipinski definition) is 3. The van der Waals surface area contributed by atoms with E-state index in [1.54, 1.807) is 4.90 Å². The fourth-order valence-corrected chi connectivity index (χ4v) is 1.86. The number of amides is 2. The van der Waals surface area contributed by atoms with Gasteiger partial charge in [-0.15, -0.1) is 0 Å². The molecule has 1 rings (SSSR count). The molecule has 0 aromatic rings. The average molecular weight is 187 g/mol. The first-order valence-corrected chi connectivity index (χ1v) is 4.67. The fraction of sp³-hybridized carbons (Fsp3) is 0.875. The van der Waals surface area contributed by atoms with Crippen LogP contribution in [0.3, 0.4) is 0 Å². The zero-order valence-corrected chi connectivity index (χ0v) is 7.70. The van der Waals surface area contributed by atoms with Crippen LogP contribution in [0, 0.1) is 0 Å². The zero-order valence-electron chi connectivity index (χ0n) is 7.70. The van der Waals surface area contributed by atoms with E-state index in [-0.39, 0.29) is 18.7 Å². The molecule has 0 aromatic heterocycles. The quantitative estimate of drug-likeness (QED) is 0.325. The molecule has 0 radical (unpaired) electrons. The summed E-state index contributed by atoms with van der Waals surface area (Å²) in [7, 11) is 0. The van der Waals surface area contributed by atoms with Crippen LogP contribution < -0.4 is 11.3 Å². The van der Waals surface area contributed by atoms with Crippen molar-refractivity contribution in [1.82, 2.24) is 10.3 Å². The zero-order chi connectivity index (χ0) is 9.68. The van der Waals surface area contributed by atoms with Gasteiger partial charge in [-0.05, 0) is 12.8 Å². The van der Waals surface area contributed by atoms with Crippen molar-refractivity contribution >= 4 is 6.03 Å². The number of carbonyl (C=O) groups is 1. The minimum atomic E-state index is -0.291. The molecular weight excluding hydrogens is 170 g/mol. The summed E-state index contributed by atoms with van der Waals surface area (Å²) in [5.41, 5.74) is 2.10. The SMILES string of the molecule is NNC(=O)N(CCO)C1CCCC1. The van der Waals surface area contributed by atoms with Crippen molar-refractivity contribution in [2.24, 2.45) is 5.84 Å². The second-order valence-corrected chi connectivity index (χ2v) is 3.30. The number of aliphatic hydroxyl groups is 1. The van der Waals surface area contributed by atoms with Crippen molar-refractivity contribution in [3.05, 3.63) is 0 Å². The molecule has 1 saturated carbocycles. The van der Waals surface area contributed by atoms with Crippen LogP contribution >= 0.6 is 0 Å². The lowest BCUT2D eigenvalue weighted by Crippen LogP contribution is -2.48. The second-order valence-electron chi connectivity index (χ2n) is 3.30. The van der Waals surface area contributed by atoms with E-state index >= 15 is 0 Å². The minimum Gasteiger partial charge on any atom is -0.395 e. The summed E-state index contributed by atoms with van der Waals surface area (Å²) in [5.74, 6) is 5.05. The molecule has 0 saturated heterocycles. The molecular formula is C8H17N3O2. The Labute approximate surface area is 77.9 Å². The Morgan fingerprint density at radius 1 is 1.54 bits per heavy atom. The Bertz CT molecular complexity index is 169. The highest BCUT2D eigenvalue weighted by Gasteiger charge is 2.25. The molecule has 0 unspecified atom stereocenters. The monoisotopic (exact) mass is 187 g/mol. The van der Waals surface area contributed by atoms with Crippen molar-refractivity contribution in [2.45, 2.75) is 31.7 Å². The number of hydrogen-bond acceptors (Lipinski definition) is 3. The maximum atomic E-state index is 11.3. The van der Waals surface area contributed by atoms with Crippen molar-refractivity contribution < 1.29 is 9.90 Å². The van der Waals surface area contributed by atoms with Crippen LogP contribution in [0.2, 0.25) is 0 Å². The lowest BCUT2D eigenvalue weighted by atomic mass is 10.2. The summed E-state index contributed by atoms with van der Waals surface area (Å²) in [6.45, 7) is 0.359. The van der Waals surface area contributed by atoms with Gasteiger partial charge in [0, 0.05) is 12.6 Å². The molecule has 76 valence electrons. The van der Waals surface area contributed by atoms with Crippen LogP contribution in [-0.2, 0) is 0 Å². The molecule has 2 amide bonds. The third-order valence-corrected chi connectivity index (χ3v) is 2.49. The van der Waals surface area contributed by atoms with E-state index in [4.69, 9.17) is 10.9 Å². The van der Waals surface area contributed by atoms with Gasteiger partial charge in [-0.1, -0.05) is 12.8 Å².